The van der Waals surface area contributed by atoms with Gasteiger partial charge < -0.3 is 14.6 Å². The number of hydrogen-bond acceptors (Lipinski definition) is 5. The van der Waals surface area contributed by atoms with Crippen molar-refractivity contribution in [2.45, 2.75) is 45.6 Å². The number of nitrogens with zero attached hydrogens (tertiary/aromatic N) is 1. The molecule has 6 heteroatoms. The fourth-order valence-corrected chi connectivity index (χ4v) is 3.01. The van der Waals surface area contributed by atoms with Gasteiger partial charge in [0.05, 0.1) is 17.0 Å². The van der Waals surface area contributed by atoms with Gasteiger partial charge in [-0.05, 0) is 27.7 Å². The third kappa shape index (κ3) is 1.67. The molecule has 3 rings (SSSR count). The molecule has 0 bridgehead atoms. The molecule has 0 unspecified atom stereocenters. The van der Waals surface area contributed by atoms with E-state index >= 15 is 0 Å². The Morgan fingerprint density at radius 3 is 2.60 bits per heavy atom. The van der Waals surface area contributed by atoms with Crippen molar-refractivity contribution >= 4 is 11.9 Å². The largest absolute Gasteiger partial charge is 0.450 e. The second-order valence-corrected chi connectivity index (χ2v) is 5.73. The summed E-state index contributed by atoms with van der Waals surface area (Å²) in [6.45, 7) is 7.13. The Kier molecular flexibility index (Phi) is 2.54. The van der Waals surface area contributed by atoms with Crippen LogP contribution in [-0.2, 0) is 14.3 Å². The van der Waals surface area contributed by atoms with Crippen molar-refractivity contribution in [2.75, 3.05) is 0 Å². The fraction of sp³-hybridized carbons (Fsp3) is 0.500. The molecule has 3 heterocycles. The normalized spacial score (nSPS) is 24.5. The highest BCUT2D eigenvalue weighted by molar-refractivity contribution is 5.99. The van der Waals surface area contributed by atoms with Crippen molar-refractivity contribution in [2.24, 2.45) is 0 Å². The van der Waals surface area contributed by atoms with Gasteiger partial charge in [0.2, 0.25) is 5.91 Å². The van der Waals surface area contributed by atoms with Gasteiger partial charge >= 0.3 is 5.97 Å². The van der Waals surface area contributed by atoms with Crippen molar-refractivity contribution in [3.8, 4) is 0 Å². The first-order valence-corrected chi connectivity index (χ1v) is 6.52. The van der Waals surface area contributed by atoms with Crippen LogP contribution in [0.4, 0.5) is 0 Å². The minimum atomic E-state index is -0.806. The van der Waals surface area contributed by atoms with E-state index in [1.165, 1.54) is 0 Å². The van der Waals surface area contributed by atoms with Crippen molar-refractivity contribution in [3.05, 3.63) is 28.3 Å². The van der Waals surface area contributed by atoms with Crippen LogP contribution >= 0.6 is 0 Å². The summed E-state index contributed by atoms with van der Waals surface area (Å²) in [6.07, 6.45) is 0.201. The quantitative estimate of drug-likeness (QED) is 0.786. The fourth-order valence-electron chi connectivity index (χ4n) is 3.01. The van der Waals surface area contributed by atoms with E-state index in [9.17, 15) is 9.59 Å². The maximum atomic E-state index is 12.2. The van der Waals surface area contributed by atoms with E-state index < -0.39 is 5.60 Å². The topological polar surface area (TPSA) is 81.4 Å². The van der Waals surface area contributed by atoms with Crippen LogP contribution < -0.4 is 5.32 Å². The van der Waals surface area contributed by atoms with Crippen LogP contribution in [0.15, 0.2) is 15.8 Å². The van der Waals surface area contributed by atoms with Crippen LogP contribution in [-0.4, -0.2) is 22.6 Å². The molecule has 1 amide bonds. The van der Waals surface area contributed by atoms with Gasteiger partial charge in [0.1, 0.15) is 11.4 Å². The summed E-state index contributed by atoms with van der Waals surface area (Å²) in [5.41, 5.74) is 1.78. The molecular formula is C14H16N2O4. The van der Waals surface area contributed by atoms with Gasteiger partial charge in [0, 0.05) is 17.9 Å². The van der Waals surface area contributed by atoms with Crippen LogP contribution in [0.1, 0.15) is 43.2 Å². The number of amides is 1. The third-order valence-corrected chi connectivity index (χ3v) is 3.88. The standard InChI is InChI=1S/C14H16N2O4/c1-6-10(7(2)20-16-6)8-5-9(17)15-12-11(8)13(18)19-14(12,3)4/h8H,5H2,1-4H3,(H,15,17)/t8-/m0/s1. The Morgan fingerprint density at radius 1 is 1.30 bits per heavy atom. The summed E-state index contributed by atoms with van der Waals surface area (Å²) in [4.78, 5) is 24.1. The molecule has 106 valence electrons. The lowest BCUT2D eigenvalue weighted by Gasteiger charge is -2.26. The molecule has 0 aliphatic carbocycles. The highest BCUT2D eigenvalue weighted by atomic mass is 16.6. The zero-order chi connectivity index (χ0) is 14.7. The lowest BCUT2D eigenvalue weighted by atomic mass is 9.82. The predicted octanol–water partition coefficient (Wildman–Crippen LogP) is 1.48. The van der Waals surface area contributed by atoms with E-state index in [1.54, 1.807) is 20.8 Å². The van der Waals surface area contributed by atoms with Crippen molar-refractivity contribution in [3.63, 3.8) is 0 Å². The van der Waals surface area contributed by atoms with E-state index in [0.29, 0.717) is 22.7 Å². The molecule has 2 aliphatic rings. The molecule has 0 saturated heterocycles. The second kappa shape index (κ2) is 3.94. The Labute approximate surface area is 116 Å². The van der Waals surface area contributed by atoms with Crippen molar-refractivity contribution in [1.29, 1.82) is 0 Å². The van der Waals surface area contributed by atoms with Crippen LogP contribution in [0.5, 0.6) is 0 Å². The molecule has 1 aromatic rings. The van der Waals surface area contributed by atoms with Gasteiger partial charge in [0.15, 0.2) is 0 Å². The van der Waals surface area contributed by atoms with Crippen molar-refractivity contribution < 1.29 is 18.8 Å². The summed E-state index contributed by atoms with van der Waals surface area (Å²) in [6, 6.07) is 0. The Bertz CT molecular complexity index is 635. The zero-order valence-electron chi connectivity index (χ0n) is 11.9. The van der Waals surface area contributed by atoms with Gasteiger partial charge in [-0.25, -0.2) is 4.79 Å². The molecule has 1 atom stereocenters. The number of aryl methyl sites for hydroxylation is 2. The second-order valence-electron chi connectivity index (χ2n) is 5.73. The minimum absolute atomic E-state index is 0.125. The number of cyclic esters (lactones) is 1. The van der Waals surface area contributed by atoms with E-state index in [4.69, 9.17) is 9.26 Å². The lowest BCUT2D eigenvalue weighted by molar-refractivity contribution is -0.144. The Morgan fingerprint density at radius 2 is 2.00 bits per heavy atom. The van der Waals surface area contributed by atoms with Crippen molar-refractivity contribution in [1.82, 2.24) is 10.5 Å². The zero-order valence-corrected chi connectivity index (χ0v) is 11.9. The van der Waals surface area contributed by atoms with Crippen LogP contribution in [0.3, 0.4) is 0 Å². The minimum Gasteiger partial charge on any atom is -0.450 e. The maximum Gasteiger partial charge on any atom is 0.337 e. The van der Waals surface area contributed by atoms with Gasteiger partial charge in [-0.3, -0.25) is 4.79 Å². The first-order valence-electron chi connectivity index (χ1n) is 6.52. The number of aromatic nitrogens is 1. The summed E-state index contributed by atoms with van der Waals surface area (Å²) >= 11 is 0. The summed E-state index contributed by atoms with van der Waals surface area (Å²) in [5, 5.41) is 6.68. The van der Waals surface area contributed by atoms with Crippen LogP contribution in [0.2, 0.25) is 0 Å². The lowest BCUT2D eigenvalue weighted by Crippen LogP contribution is -2.38. The summed E-state index contributed by atoms with van der Waals surface area (Å²) < 4.78 is 10.5. The molecule has 1 N–H and O–H groups in total. The average Bonchev–Trinajstić information content (AvgIpc) is 2.77. The Hall–Kier alpha value is -2.11. The van der Waals surface area contributed by atoms with E-state index in [2.05, 4.69) is 10.5 Å². The molecule has 20 heavy (non-hydrogen) atoms. The first kappa shape index (κ1) is 12.9. The van der Waals surface area contributed by atoms with Gasteiger partial charge in [-0.2, -0.15) is 0 Å². The summed E-state index contributed by atoms with van der Waals surface area (Å²) in [5.74, 6) is -0.221. The molecule has 0 saturated carbocycles. The smallest absolute Gasteiger partial charge is 0.337 e. The molecule has 0 aromatic carbocycles. The SMILES string of the molecule is Cc1noc(C)c1[C@@H]1CC(=O)NC2=C1C(=O)OC2(C)C. The maximum absolute atomic E-state index is 12.2. The molecule has 6 nitrogen and oxygen atoms in total. The van der Waals surface area contributed by atoms with Gasteiger partial charge in [-0.15, -0.1) is 0 Å². The Balaban J connectivity index is 2.19. The highest BCUT2D eigenvalue weighted by Gasteiger charge is 2.48. The molecule has 0 spiro atoms. The number of esters is 1. The molecule has 2 aliphatic heterocycles. The molecule has 1 aromatic heterocycles. The average molecular weight is 276 g/mol. The highest BCUT2D eigenvalue weighted by Crippen LogP contribution is 2.44. The number of rotatable bonds is 1. The summed E-state index contributed by atoms with van der Waals surface area (Å²) in [7, 11) is 0. The van der Waals surface area contributed by atoms with E-state index in [1.807, 2.05) is 6.92 Å². The van der Waals surface area contributed by atoms with Gasteiger partial charge in [0.25, 0.3) is 0 Å². The molecule has 0 fully saturated rings. The van der Waals surface area contributed by atoms with Crippen LogP contribution in [0.25, 0.3) is 0 Å². The first-order chi connectivity index (χ1) is 9.31. The number of ether oxygens (including phenoxy) is 1. The molecular weight excluding hydrogens is 260 g/mol. The molecule has 0 radical (unpaired) electrons. The number of nitrogens with one attached hydrogen (secondary N) is 1. The predicted molar refractivity (Wildman–Crippen MR) is 68.7 cm³/mol. The van der Waals surface area contributed by atoms with E-state index in [-0.39, 0.29) is 24.2 Å². The third-order valence-electron chi connectivity index (χ3n) is 3.88. The van der Waals surface area contributed by atoms with Crippen LogP contribution in [0, 0.1) is 13.8 Å². The monoisotopic (exact) mass is 276 g/mol. The number of carbonyl (C=O) groups is 2. The number of hydrogen-bond donors (Lipinski definition) is 1. The van der Waals surface area contributed by atoms with Gasteiger partial charge in [-0.1, -0.05) is 5.16 Å². The van der Waals surface area contributed by atoms with E-state index in [0.717, 1.165) is 5.56 Å². The number of carbonyl (C=O) groups excluding carboxylic acids is 2.